The van der Waals surface area contributed by atoms with Crippen LogP contribution in [0.2, 0.25) is 0 Å². The monoisotopic (exact) mass is 435 g/mol. The Morgan fingerprint density at radius 3 is 2.33 bits per heavy atom. The van der Waals surface area contributed by atoms with Gasteiger partial charge in [0, 0.05) is 29.7 Å². The first-order valence-corrected chi connectivity index (χ1v) is 9.54. The molecule has 0 spiro atoms. The molecule has 2 aromatic rings. The van der Waals surface area contributed by atoms with Gasteiger partial charge in [0.1, 0.15) is 5.82 Å². The number of carbonyl (C=O) groups excluding carboxylic acids is 2. The Kier molecular flexibility index (Phi) is 8.42. The fourth-order valence-electron chi connectivity index (χ4n) is 2.43. The van der Waals surface area contributed by atoms with Crippen molar-refractivity contribution in [2.24, 2.45) is 0 Å². The minimum absolute atomic E-state index is 0.0949. The molecule has 2 N–H and O–H groups in total. The molecule has 144 valence electrons. The van der Waals surface area contributed by atoms with Crippen LogP contribution in [0, 0.1) is 5.82 Å². The molecule has 0 fully saturated rings. The number of halogens is 2. The fourth-order valence-corrected chi connectivity index (χ4v) is 2.69. The lowest BCUT2D eigenvalue weighted by atomic mass is 10.2. The van der Waals surface area contributed by atoms with Crippen molar-refractivity contribution in [3.63, 3.8) is 0 Å². The Balaban J connectivity index is 1.72. The molecule has 5 nitrogen and oxygen atoms in total. The van der Waals surface area contributed by atoms with Gasteiger partial charge in [0.15, 0.2) is 0 Å². The summed E-state index contributed by atoms with van der Waals surface area (Å²) in [7, 11) is 0. The van der Waals surface area contributed by atoms with E-state index in [0.29, 0.717) is 26.1 Å². The lowest BCUT2D eigenvalue weighted by Gasteiger charge is -2.19. The van der Waals surface area contributed by atoms with Crippen LogP contribution in [0.3, 0.4) is 0 Å². The molecule has 27 heavy (non-hydrogen) atoms. The van der Waals surface area contributed by atoms with Gasteiger partial charge < -0.3 is 10.6 Å². The smallest absolute Gasteiger partial charge is 0.234 e. The summed E-state index contributed by atoms with van der Waals surface area (Å²) in [5.74, 6) is -0.527. The lowest BCUT2D eigenvalue weighted by Crippen LogP contribution is -2.38. The molecular formula is C20H23BrFN3O2. The number of nitrogens with zero attached hydrogens (tertiary/aromatic N) is 1. The molecule has 0 aliphatic rings. The largest absolute Gasteiger partial charge is 0.351 e. The molecule has 0 heterocycles. The number of carbonyl (C=O) groups is 2. The second kappa shape index (κ2) is 10.8. The second-order valence-electron chi connectivity index (χ2n) is 6.08. The summed E-state index contributed by atoms with van der Waals surface area (Å²) in [6.07, 6.45) is 0.301. The number of hydrogen-bond acceptors (Lipinski definition) is 3. The van der Waals surface area contributed by atoms with E-state index in [4.69, 9.17) is 0 Å². The van der Waals surface area contributed by atoms with Gasteiger partial charge in [-0.05, 0) is 48.5 Å². The van der Waals surface area contributed by atoms with E-state index in [1.807, 2.05) is 36.1 Å². The van der Waals surface area contributed by atoms with Gasteiger partial charge in [0.05, 0.1) is 6.54 Å². The van der Waals surface area contributed by atoms with E-state index in [9.17, 15) is 14.0 Å². The van der Waals surface area contributed by atoms with Crippen molar-refractivity contribution in [2.75, 3.05) is 25.0 Å². The van der Waals surface area contributed by atoms with Crippen molar-refractivity contribution in [1.82, 2.24) is 10.2 Å². The molecule has 0 saturated heterocycles. The maximum atomic E-state index is 12.9. The highest BCUT2D eigenvalue weighted by Crippen LogP contribution is 2.14. The van der Waals surface area contributed by atoms with Crippen LogP contribution in [0.5, 0.6) is 0 Å². The molecule has 0 unspecified atom stereocenters. The number of rotatable bonds is 9. The number of hydrogen-bond donors (Lipinski definition) is 2. The summed E-state index contributed by atoms with van der Waals surface area (Å²) in [6, 6.07) is 13.4. The van der Waals surface area contributed by atoms with Gasteiger partial charge in [0.2, 0.25) is 11.8 Å². The van der Waals surface area contributed by atoms with Crippen LogP contribution in [0.4, 0.5) is 10.1 Å². The summed E-state index contributed by atoms with van der Waals surface area (Å²) in [6.45, 7) is 3.65. The standard InChI is InChI=1S/C20H23BrFN3O2/c1-2-25(12-11-19(26)24-18-9-5-16(21)6-10-18)14-20(27)23-13-15-3-7-17(22)8-4-15/h3-10H,2,11-14H2,1H3,(H,23,27)(H,24,26). The Bertz CT molecular complexity index is 751. The Morgan fingerprint density at radius 1 is 1.04 bits per heavy atom. The molecule has 0 atom stereocenters. The summed E-state index contributed by atoms with van der Waals surface area (Å²) in [5, 5.41) is 5.64. The van der Waals surface area contributed by atoms with Crippen LogP contribution in [0.25, 0.3) is 0 Å². The summed E-state index contributed by atoms with van der Waals surface area (Å²) < 4.78 is 13.8. The van der Waals surface area contributed by atoms with E-state index in [-0.39, 0.29) is 24.2 Å². The van der Waals surface area contributed by atoms with Gasteiger partial charge in [-0.15, -0.1) is 0 Å². The van der Waals surface area contributed by atoms with Gasteiger partial charge in [-0.25, -0.2) is 4.39 Å². The molecule has 0 aliphatic carbocycles. The summed E-state index contributed by atoms with van der Waals surface area (Å²) >= 11 is 3.35. The second-order valence-corrected chi connectivity index (χ2v) is 6.99. The molecular weight excluding hydrogens is 413 g/mol. The molecule has 0 bridgehead atoms. The maximum Gasteiger partial charge on any atom is 0.234 e. The van der Waals surface area contributed by atoms with Crippen LogP contribution >= 0.6 is 15.9 Å². The van der Waals surface area contributed by atoms with Gasteiger partial charge in [-0.2, -0.15) is 0 Å². The molecule has 2 rings (SSSR count). The Hall–Kier alpha value is -2.25. The predicted octanol–water partition coefficient (Wildman–Crippen LogP) is 3.56. The van der Waals surface area contributed by atoms with E-state index >= 15 is 0 Å². The topological polar surface area (TPSA) is 61.4 Å². The SMILES string of the molecule is CCN(CCC(=O)Nc1ccc(Br)cc1)CC(=O)NCc1ccc(F)cc1. The van der Waals surface area contributed by atoms with E-state index in [2.05, 4.69) is 26.6 Å². The van der Waals surface area contributed by atoms with Gasteiger partial charge in [-0.1, -0.05) is 35.0 Å². The van der Waals surface area contributed by atoms with Crippen LogP contribution < -0.4 is 10.6 Å². The predicted molar refractivity (Wildman–Crippen MR) is 108 cm³/mol. The van der Waals surface area contributed by atoms with Crippen LogP contribution in [0.15, 0.2) is 53.0 Å². The van der Waals surface area contributed by atoms with Crippen molar-refractivity contribution in [3.8, 4) is 0 Å². The minimum Gasteiger partial charge on any atom is -0.351 e. The van der Waals surface area contributed by atoms with Gasteiger partial charge >= 0.3 is 0 Å². The molecule has 7 heteroatoms. The van der Waals surface area contributed by atoms with Gasteiger partial charge in [0.25, 0.3) is 0 Å². The van der Waals surface area contributed by atoms with E-state index < -0.39 is 0 Å². The maximum absolute atomic E-state index is 12.9. The minimum atomic E-state index is -0.302. The van der Waals surface area contributed by atoms with Gasteiger partial charge in [-0.3, -0.25) is 14.5 Å². The van der Waals surface area contributed by atoms with E-state index in [1.54, 1.807) is 12.1 Å². The van der Waals surface area contributed by atoms with E-state index in [0.717, 1.165) is 15.7 Å². The zero-order valence-corrected chi connectivity index (χ0v) is 16.8. The molecule has 0 saturated carbocycles. The van der Waals surface area contributed by atoms with Crippen molar-refractivity contribution >= 4 is 33.4 Å². The quantitative estimate of drug-likeness (QED) is 0.632. The zero-order valence-electron chi connectivity index (χ0n) is 15.2. The first kappa shape index (κ1) is 21.1. The molecule has 2 aromatic carbocycles. The van der Waals surface area contributed by atoms with Crippen LogP contribution in [-0.2, 0) is 16.1 Å². The van der Waals surface area contributed by atoms with E-state index in [1.165, 1.54) is 12.1 Å². The fraction of sp³-hybridized carbons (Fsp3) is 0.300. The average Bonchev–Trinajstić information content (AvgIpc) is 2.66. The highest BCUT2D eigenvalue weighted by molar-refractivity contribution is 9.10. The summed E-state index contributed by atoms with van der Waals surface area (Å²) in [4.78, 5) is 26.1. The third kappa shape index (κ3) is 7.88. The Labute approximate surface area is 167 Å². The number of anilines is 1. The third-order valence-electron chi connectivity index (χ3n) is 4.00. The first-order chi connectivity index (χ1) is 13.0. The average molecular weight is 436 g/mol. The highest BCUT2D eigenvalue weighted by atomic mass is 79.9. The van der Waals surface area contributed by atoms with Crippen molar-refractivity contribution in [2.45, 2.75) is 19.9 Å². The van der Waals surface area contributed by atoms with Crippen molar-refractivity contribution in [3.05, 3.63) is 64.4 Å². The molecule has 0 aliphatic heterocycles. The van der Waals surface area contributed by atoms with Crippen molar-refractivity contribution < 1.29 is 14.0 Å². The molecule has 0 aromatic heterocycles. The first-order valence-electron chi connectivity index (χ1n) is 8.75. The summed E-state index contributed by atoms with van der Waals surface area (Å²) in [5.41, 5.74) is 1.57. The molecule has 2 amide bonds. The zero-order chi connectivity index (χ0) is 19.6. The van der Waals surface area contributed by atoms with Crippen LogP contribution in [0.1, 0.15) is 18.9 Å². The van der Waals surface area contributed by atoms with Crippen molar-refractivity contribution in [1.29, 1.82) is 0 Å². The number of benzene rings is 2. The lowest BCUT2D eigenvalue weighted by molar-refractivity contribution is -0.123. The van der Waals surface area contributed by atoms with Crippen LogP contribution in [-0.4, -0.2) is 36.3 Å². The number of likely N-dealkylation sites (N-methyl/N-ethyl adjacent to an activating group) is 1. The normalized spacial score (nSPS) is 10.7. The Morgan fingerprint density at radius 2 is 1.70 bits per heavy atom. The highest BCUT2D eigenvalue weighted by Gasteiger charge is 2.11. The third-order valence-corrected chi connectivity index (χ3v) is 4.53. The molecule has 0 radical (unpaired) electrons. The number of nitrogens with one attached hydrogen (secondary N) is 2. The number of amides is 2.